The second-order valence-corrected chi connectivity index (χ2v) is 4.98. The predicted octanol–water partition coefficient (Wildman–Crippen LogP) is 3.16. The molecule has 0 aliphatic heterocycles. The summed E-state index contributed by atoms with van der Waals surface area (Å²) in [6.07, 6.45) is 1.36. The summed E-state index contributed by atoms with van der Waals surface area (Å²) in [5.41, 5.74) is 1.83. The van der Waals surface area contributed by atoms with Crippen molar-refractivity contribution in [2.45, 2.75) is 13.5 Å². The summed E-state index contributed by atoms with van der Waals surface area (Å²) in [7, 11) is 1.72. The first kappa shape index (κ1) is 15.1. The molecule has 6 heteroatoms. The number of amides is 2. The standard InChI is InChI=1S/C15H15ClN2O3/c1-10(19)18(2)9-11-4-3-5-12(8-11)17-15(20)13-6-7-21-14(13)16/h3-8H,9H2,1-2H3,(H,17,20). The Hall–Kier alpha value is -2.27. The zero-order chi connectivity index (χ0) is 15.4. The number of hydrogen-bond donors (Lipinski definition) is 1. The van der Waals surface area contributed by atoms with Crippen LogP contribution in [0.4, 0.5) is 5.69 Å². The number of nitrogens with one attached hydrogen (secondary N) is 1. The van der Waals surface area contributed by atoms with Crippen molar-refractivity contribution in [3.8, 4) is 0 Å². The molecule has 110 valence electrons. The van der Waals surface area contributed by atoms with Crippen LogP contribution in [0.5, 0.6) is 0 Å². The van der Waals surface area contributed by atoms with Crippen molar-refractivity contribution in [3.63, 3.8) is 0 Å². The van der Waals surface area contributed by atoms with Crippen LogP contribution in [0.15, 0.2) is 41.0 Å². The minimum Gasteiger partial charge on any atom is -0.452 e. The van der Waals surface area contributed by atoms with E-state index in [1.165, 1.54) is 19.3 Å². The Labute approximate surface area is 127 Å². The molecule has 0 saturated heterocycles. The highest BCUT2D eigenvalue weighted by Crippen LogP contribution is 2.19. The maximum absolute atomic E-state index is 12.0. The number of nitrogens with zero attached hydrogens (tertiary/aromatic N) is 1. The summed E-state index contributed by atoms with van der Waals surface area (Å²) in [4.78, 5) is 24.8. The number of halogens is 1. The van der Waals surface area contributed by atoms with E-state index in [-0.39, 0.29) is 22.6 Å². The number of benzene rings is 1. The van der Waals surface area contributed by atoms with E-state index in [0.717, 1.165) is 5.56 Å². The lowest BCUT2D eigenvalue weighted by Crippen LogP contribution is -2.23. The van der Waals surface area contributed by atoms with Gasteiger partial charge < -0.3 is 14.6 Å². The van der Waals surface area contributed by atoms with Gasteiger partial charge in [-0.25, -0.2) is 0 Å². The molecule has 0 aliphatic carbocycles. The van der Waals surface area contributed by atoms with Crippen molar-refractivity contribution >= 4 is 29.1 Å². The van der Waals surface area contributed by atoms with Gasteiger partial charge in [0, 0.05) is 26.2 Å². The molecule has 2 amide bonds. The normalized spacial score (nSPS) is 10.2. The van der Waals surface area contributed by atoms with Crippen molar-refractivity contribution < 1.29 is 14.0 Å². The van der Waals surface area contributed by atoms with Gasteiger partial charge in [0.05, 0.1) is 11.8 Å². The molecule has 0 spiro atoms. The minimum atomic E-state index is -0.342. The minimum absolute atomic E-state index is 0.0189. The molecule has 1 aromatic heterocycles. The van der Waals surface area contributed by atoms with Crippen molar-refractivity contribution in [3.05, 3.63) is 52.9 Å². The fourth-order valence-corrected chi connectivity index (χ4v) is 1.99. The number of anilines is 1. The first-order valence-corrected chi connectivity index (χ1v) is 6.70. The van der Waals surface area contributed by atoms with Crippen LogP contribution in [0.25, 0.3) is 0 Å². The Balaban J connectivity index is 2.09. The number of rotatable bonds is 4. The van der Waals surface area contributed by atoms with Crippen LogP contribution in [0.3, 0.4) is 0 Å². The van der Waals surface area contributed by atoms with Crippen LogP contribution in [-0.2, 0) is 11.3 Å². The third-order valence-electron chi connectivity index (χ3n) is 3.00. The molecule has 0 atom stereocenters. The highest BCUT2D eigenvalue weighted by Gasteiger charge is 2.13. The van der Waals surface area contributed by atoms with E-state index < -0.39 is 0 Å². The van der Waals surface area contributed by atoms with Crippen molar-refractivity contribution in [1.29, 1.82) is 0 Å². The SMILES string of the molecule is CC(=O)N(C)Cc1cccc(NC(=O)c2ccoc2Cl)c1. The molecule has 0 unspecified atom stereocenters. The first-order valence-electron chi connectivity index (χ1n) is 6.32. The number of carbonyl (C=O) groups is 2. The van der Waals surface area contributed by atoms with Gasteiger partial charge in [-0.1, -0.05) is 12.1 Å². The fourth-order valence-electron chi connectivity index (χ4n) is 1.79. The highest BCUT2D eigenvalue weighted by molar-refractivity contribution is 6.32. The zero-order valence-corrected chi connectivity index (χ0v) is 12.5. The molecule has 0 saturated carbocycles. The summed E-state index contributed by atoms with van der Waals surface area (Å²) >= 11 is 5.76. The van der Waals surface area contributed by atoms with Crippen LogP contribution in [0.2, 0.25) is 5.22 Å². The van der Waals surface area contributed by atoms with Crippen LogP contribution in [0.1, 0.15) is 22.8 Å². The van der Waals surface area contributed by atoms with E-state index in [9.17, 15) is 9.59 Å². The third-order valence-corrected chi connectivity index (χ3v) is 3.30. The second kappa shape index (κ2) is 6.45. The molecule has 1 N–H and O–H groups in total. The maximum Gasteiger partial charge on any atom is 0.260 e. The summed E-state index contributed by atoms with van der Waals surface area (Å²) in [6.45, 7) is 1.98. The van der Waals surface area contributed by atoms with Crippen molar-refractivity contribution in [2.24, 2.45) is 0 Å². The van der Waals surface area contributed by atoms with Crippen molar-refractivity contribution in [2.75, 3.05) is 12.4 Å². The van der Waals surface area contributed by atoms with Gasteiger partial charge in [-0.15, -0.1) is 0 Å². The third kappa shape index (κ3) is 3.86. The van der Waals surface area contributed by atoms with Gasteiger partial charge in [0.1, 0.15) is 0 Å². The lowest BCUT2D eigenvalue weighted by atomic mass is 10.2. The lowest BCUT2D eigenvalue weighted by Gasteiger charge is -2.15. The van der Waals surface area contributed by atoms with E-state index in [1.54, 1.807) is 18.0 Å². The molecule has 0 aliphatic rings. The molecule has 0 fully saturated rings. The Morgan fingerprint density at radius 1 is 1.33 bits per heavy atom. The molecule has 5 nitrogen and oxygen atoms in total. The molecule has 0 bridgehead atoms. The monoisotopic (exact) mass is 306 g/mol. The Bertz CT molecular complexity index is 666. The van der Waals surface area contributed by atoms with Gasteiger partial charge >= 0.3 is 0 Å². The topological polar surface area (TPSA) is 62.6 Å². The van der Waals surface area contributed by atoms with E-state index in [2.05, 4.69) is 5.32 Å². The van der Waals surface area contributed by atoms with Crippen LogP contribution < -0.4 is 5.32 Å². The molecule has 1 aromatic carbocycles. The molecular formula is C15H15ClN2O3. The average Bonchev–Trinajstić information content (AvgIpc) is 2.85. The van der Waals surface area contributed by atoms with E-state index in [0.29, 0.717) is 12.2 Å². The molecule has 1 heterocycles. The van der Waals surface area contributed by atoms with Crippen LogP contribution in [0, 0.1) is 0 Å². The number of furan rings is 1. The van der Waals surface area contributed by atoms with Gasteiger partial charge in [-0.3, -0.25) is 9.59 Å². The van der Waals surface area contributed by atoms with Gasteiger partial charge in [0.2, 0.25) is 11.1 Å². The van der Waals surface area contributed by atoms with Crippen LogP contribution in [-0.4, -0.2) is 23.8 Å². The molecular weight excluding hydrogens is 292 g/mol. The number of hydrogen-bond acceptors (Lipinski definition) is 3. The quantitative estimate of drug-likeness (QED) is 0.943. The number of carbonyl (C=O) groups excluding carboxylic acids is 2. The van der Waals surface area contributed by atoms with E-state index >= 15 is 0 Å². The molecule has 2 rings (SSSR count). The van der Waals surface area contributed by atoms with Gasteiger partial charge in [-0.05, 0) is 35.4 Å². The largest absolute Gasteiger partial charge is 0.452 e. The Morgan fingerprint density at radius 2 is 2.10 bits per heavy atom. The van der Waals surface area contributed by atoms with Gasteiger partial charge in [-0.2, -0.15) is 0 Å². The molecule has 0 radical (unpaired) electrons. The highest BCUT2D eigenvalue weighted by atomic mass is 35.5. The average molecular weight is 307 g/mol. The summed E-state index contributed by atoms with van der Waals surface area (Å²) < 4.78 is 4.89. The Morgan fingerprint density at radius 3 is 2.71 bits per heavy atom. The van der Waals surface area contributed by atoms with Crippen LogP contribution >= 0.6 is 11.6 Å². The van der Waals surface area contributed by atoms with Gasteiger partial charge in [0.15, 0.2) is 0 Å². The smallest absolute Gasteiger partial charge is 0.260 e. The summed E-state index contributed by atoms with van der Waals surface area (Å²) in [5, 5.41) is 2.80. The fraction of sp³-hybridized carbons (Fsp3) is 0.200. The lowest BCUT2D eigenvalue weighted by molar-refractivity contribution is -0.128. The first-order chi connectivity index (χ1) is 9.97. The second-order valence-electron chi connectivity index (χ2n) is 4.64. The summed E-state index contributed by atoms with van der Waals surface area (Å²) in [5.74, 6) is -0.361. The zero-order valence-electron chi connectivity index (χ0n) is 11.7. The maximum atomic E-state index is 12.0. The van der Waals surface area contributed by atoms with Crippen molar-refractivity contribution in [1.82, 2.24) is 4.90 Å². The molecule has 21 heavy (non-hydrogen) atoms. The van der Waals surface area contributed by atoms with E-state index in [1.807, 2.05) is 18.2 Å². The predicted molar refractivity (Wildman–Crippen MR) is 80.3 cm³/mol. The Kier molecular flexibility index (Phi) is 4.65. The van der Waals surface area contributed by atoms with Gasteiger partial charge in [0.25, 0.3) is 5.91 Å². The van der Waals surface area contributed by atoms with E-state index in [4.69, 9.17) is 16.0 Å². The molecule has 2 aromatic rings. The summed E-state index contributed by atoms with van der Waals surface area (Å²) in [6, 6.07) is 8.79.